The Morgan fingerprint density at radius 2 is 1.94 bits per heavy atom. The molecule has 0 radical (unpaired) electrons. The van der Waals surface area contributed by atoms with Crippen LogP contribution in [0.4, 0.5) is 0 Å². The maximum Gasteiger partial charge on any atom is 0.123 e. The number of benzene rings is 1. The SMILES string of the molecule is CC(C)c1ccccc1OCC(N)c1ccco1. The van der Waals surface area contributed by atoms with Gasteiger partial charge >= 0.3 is 0 Å². The summed E-state index contributed by atoms with van der Waals surface area (Å²) in [4.78, 5) is 0. The Bertz CT molecular complexity index is 477. The molecule has 1 heterocycles. The van der Waals surface area contributed by atoms with Crippen LogP contribution in [0.25, 0.3) is 0 Å². The quantitative estimate of drug-likeness (QED) is 0.877. The first kappa shape index (κ1) is 12.7. The number of rotatable bonds is 5. The molecule has 0 spiro atoms. The van der Waals surface area contributed by atoms with E-state index in [9.17, 15) is 0 Å². The van der Waals surface area contributed by atoms with Crippen LogP contribution >= 0.6 is 0 Å². The van der Waals surface area contributed by atoms with Crippen LogP contribution in [0.3, 0.4) is 0 Å². The lowest BCUT2D eigenvalue weighted by Gasteiger charge is -2.16. The van der Waals surface area contributed by atoms with Crippen LogP contribution in [0.15, 0.2) is 47.1 Å². The number of hydrogen-bond donors (Lipinski definition) is 1. The molecule has 2 rings (SSSR count). The van der Waals surface area contributed by atoms with E-state index in [4.69, 9.17) is 14.9 Å². The lowest BCUT2D eigenvalue weighted by molar-refractivity contribution is 0.270. The molecule has 0 aliphatic carbocycles. The largest absolute Gasteiger partial charge is 0.491 e. The van der Waals surface area contributed by atoms with Crippen molar-refractivity contribution >= 4 is 0 Å². The summed E-state index contributed by atoms with van der Waals surface area (Å²) in [6.07, 6.45) is 1.62. The summed E-state index contributed by atoms with van der Waals surface area (Å²) in [5, 5.41) is 0. The molecule has 0 saturated heterocycles. The summed E-state index contributed by atoms with van der Waals surface area (Å²) in [7, 11) is 0. The molecule has 1 aromatic carbocycles. The summed E-state index contributed by atoms with van der Waals surface area (Å²) in [6, 6.07) is 11.5. The van der Waals surface area contributed by atoms with Gasteiger partial charge < -0.3 is 14.9 Å². The molecule has 1 aromatic heterocycles. The van der Waals surface area contributed by atoms with Crippen LogP contribution in [-0.4, -0.2) is 6.61 Å². The summed E-state index contributed by atoms with van der Waals surface area (Å²) in [6.45, 7) is 4.71. The number of nitrogens with two attached hydrogens (primary N) is 1. The highest BCUT2D eigenvalue weighted by molar-refractivity contribution is 5.35. The van der Waals surface area contributed by atoms with Gasteiger partial charge in [-0.25, -0.2) is 0 Å². The predicted molar refractivity (Wildman–Crippen MR) is 71.7 cm³/mol. The topological polar surface area (TPSA) is 48.4 Å². The first-order chi connectivity index (χ1) is 8.68. The van der Waals surface area contributed by atoms with Crippen molar-refractivity contribution in [3.63, 3.8) is 0 Å². The van der Waals surface area contributed by atoms with Gasteiger partial charge in [0.2, 0.25) is 0 Å². The number of para-hydroxylation sites is 1. The molecular formula is C15H19NO2. The van der Waals surface area contributed by atoms with Crippen LogP contribution in [0, 0.1) is 0 Å². The second kappa shape index (κ2) is 5.74. The van der Waals surface area contributed by atoms with E-state index >= 15 is 0 Å². The van der Waals surface area contributed by atoms with Crippen LogP contribution in [0.1, 0.15) is 37.1 Å². The van der Waals surface area contributed by atoms with Crippen molar-refractivity contribution in [2.24, 2.45) is 5.73 Å². The Morgan fingerprint density at radius 3 is 2.61 bits per heavy atom. The van der Waals surface area contributed by atoms with Gasteiger partial charge in [0.05, 0.1) is 12.3 Å². The van der Waals surface area contributed by atoms with Crippen molar-refractivity contribution < 1.29 is 9.15 Å². The van der Waals surface area contributed by atoms with Crippen LogP contribution in [-0.2, 0) is 0 Å². The molecule has 2 N–H and O–H groups in total. The van der Waals surface area contributed by atoms with Crippen molar-refractivity contribution in [2.75, 3.05) is 6.61 Å². The lowest BCUT2D eigenvalue weighted by Crippen LogP contribution is -2.18. The van der Waals surface area contributed by atoms with Crippen molar-refractivity contribution in [2.45, 2.75) is 25.8 Å². The molecule has 0 fully saturated rings. The Kier molecular flexibility index (Phi) is 4.05. The van der Waals surface area contributed by atoms with Crippen molar-refractivity contribution in [3.05, 3.63) is 54.0 Å². The van der Waals surface area contributed by atoms with Gasteiger partial charge in [-0.05, 0) is 29.7 Å². The molecule has 0 bridgehead atoms. The number of furan rings is 1. The first-order valence-corrected chi connectivity index (χ1v) is 6.19. The van der Waals surface area contributed by atoms with E-state index in [2.05, 4.69) is 19.9 Å². The fraction of sp³-hybridized carbons (Fsp3) is 0.333. The molecule has 96 valence electrons. The average molecular weight is 245 g/mol. The zero-order chi connectivity index (χ0) is 13.0. The van der Waals surface area contributed by atoms with E-state index in [0.29, 0.717) is 12.5 Å². The summed E-state index contributed by atoms with van der Waals surface area (Å²) in [5.41, 5.74) is 7.19. The number of ether oxygens (including phenoxy) is 1. The van der Waals surface area contributed by atoms with Gasteiger partial charge in [0, 0.05) is 0 Å². The van der Waals surface area contributed by atoms with Gasteiger partial charge in [-0.1, -0.05) is 32.0 Å². The monoisotopic (exact) mass is 245 g/mol. The first-order valence-electron chi connectivity index (χ1n) is 6.19. The zero-order valence-electron chi connectivity index (χ0n) is 10.8. The molecule has 0 aliphatic heterocycles. The third-order valence-corrected chi connectivity index (χ3v) is 2.87. The van der Waals surface area contributed by atoms with Crippen LogP contribution in [0.2, 0.25) is 0 Å². The summed E-state index contributed by atoms with van der Waals surface area (Å²) >= 11 is 0. The molecule has 3 heteroatoms. The Morgan fingerprint density at radius 1 is 1.17 bits per heavy atom. The third kappa shape index (κ3) is 2.93. The van der Waals surface area contributed by atoms with Crippen LogP contribution < -0.4 is 10.5 Å². The van der Waals surface area contributed by atoms with E-state index in [0.717, 1.165) is 11.5 Å². The van der Waals surface area contributed by atoms with Gasteiger partial charge in [0.25, 0.3) is 0 Å². The Hall–Kier alpha value is -1.74. The molecule has 3 nitrogen and oxygen atoms in total. The molecule has 18 heavy (non-hydrogen) atoms. The van der Waals surface area contributed by atoms with Crippen molar-refractivity contribution in [3.8, 4) is 5.75 Å². The zero-order valence-corrected chi connectivity index (χ0v) is 10.8. The van der Waals surface area contributed by atoms with E-state index in [1.54, 1.807) is 6.26 Å². The van der Waals surface area contributed by atoms with Crippen molar-refractivity contribution in [1.29, 1.82) is 0 Å². The van der Waals surface area contributed by atoms with E-state index in [1.165, 1.54) is 5.56 Å². The van der Waals surface area contributed by atoms with E-state index in [1.807, 2.05) is 30.3 Å². The Balaban J connectivity index is 2.02. The van der Waals surface area contributed by atoms with Gasteiger partial charge in [-0.2, -0.15) is 0 Å². The normalized spacial score (nSPS) is 12.7. The van der Waals surface area contributed by atoms with E-state index in [-0.39, 0.29) is 6.04 Å². The van der Waals surface area contributed by atoms with E-state index < -0.39 is 0 Å². The minimum atomic E-state index is -0.236. The molecule has 1 atom stereocenters. The summed E-state index contributed by atoms with van der Waals surface area (Å²) < 4.78 is 11.1. The van der Waals surface area contributed by atoms with Gasteiger partial charge in [-0.3, -0.25) is 0 Å². The summed E-state index contributed by atoms with van der Waals surface area (Å²) in [5.74, 6) is 2.08. The second-order valence-electron chi connectivity index (χ2n) is 4.63. The molecule has 1 unspecified atom stereocenters. The van der Waals surface area contributed by atoms with Crippen molar-refractivity contribution in [1.82, 2.24) is 0 Å². The smallest absolute Gasteiger partial charge is 0.123 e. The van der Waals surface area contributed by atoms with Gasteiger partial charge in [0.1, 0.15) is 18.1 Å². The fourth-order valence-corrected chi connectivity index (χ4v) is 1.85. The predicted octanol–water partition coefficient (Wildman–Crippen LogP) is 3.48. The highest BCUT2D eigenvalue weighted by atomic mass is 16.5. The maximum absolute atomic E-state index is 5.99. The maximum atomic E-state index is 5.99. The average Bonchev–Trinajstić information content (AvgIpc) is 2.90. The third-order valence-electron chi connectivity index (χ3n) is 2.87. The molecular weight excluding hydrogens is 226 g/mol. The standard InChI is InChI=1S/C15H19NO2/c1-11(2)12-6-3-4-7-14(12)18-10-13(16)15-8-5-9-17-15/h3-9,11,13H,10,16H2,1-2H3. The molecule has 0 aliphatic rings. The second-order valence-corrected chi connectivity index (χ2v) is 4.63. The van der Waals surface area contributed by atoms with Gasteiger partial charge in [0.15, 0.2) is 0 Å². The van der Waals surface area contributed by atoms with Gasteiger partial charge in [-0.15, -0.1) is 0 Å². The molecule has 2 aromatic rings. The van der Waals surface area contributed by atoms with Crippen LogP contribution in [0.5, 0.6) is 5.75 Å². The molecule has 0 saturated carbocycles. The minimum absolute atomic E-state index is 0.236. The Labute approximate surface area is 108 Å². The minimum Gasteiger partial charge on any atom is -0.491 e. The highest BCUT2D eigenvalue weighted by Gasteiger charge is 2.12. The highest BCUT2D eigenvalue weighted by Crippen LogP contribution is 2.26. The number of hydrogen-bond acceptors (Lipinski definition) is 3. The lowest BCUT2D eigenvalue weighted by atomic mass is 10.0. The fourth-order valence-electron chi connectivity index (χ4n) is 1.85. The molecule has 0 amide bonds.